The highest BCUT2D eigenvalue weighted by atomic mass is 16.7. The zero-order chi connectivity index (χ0) is 22.5. The molecule has 6 heteroatoms. The average molecular weight is 444 g/mol. The van der Waals surface area contributed by atoms with E-state index in [-0.39, 0.29) is 12.7 Å². The predicted octanol–water partition coefficient (Wildman–Crippen LogP) is 5.21. The van der Waals surface area contributed by atoms with Gasteiger partial charge in [-0.2, -0.15) is 5.10 Å². The monoisotopic (exact) mass is 443 g/mol. The van der Waals surface area contributed by atoms with Gasteiger partial charge in [0, 0.05) is 24.7 Å². The molecular weight excluding hydrogens is 414 g/mol. The minimum Gasteiger partial charge on any atom is -0.454 e. The summed E-state index contributed by atoms with van der Waals surface area (Å²) < 4.78 is 12.9. The normalized spacial score (nSPS) is 14.7. The van der Waals surface area contributed by atoms with Crippen molar-refractivity contribution in [1.29, 1.82) is 0 Å². The van der Waals surface area contributed by atoms with Crippen LogP contribution in [0.1, 0.15) is 44.1 Å². The van der Waals surface area contributed by atoms with E-state index in [1.54, 1.807) is 0 Å². The molecule has 1 aromatic heterocycles. The third kappa shape index (κ3) is 5.11. The van der Waals surface area contributed by atoms with Gasteiger partial charge in [0.15, 0.2) is 11.5 Å². The van der Waals surface area contributed by atoms with E-state index < -0.39 is 0 Å². The Balaban J connectivity index is 1.30. The number of nitrogens with one attached hydrogen (secondary N) is 1. The van der Waals surface area contributed by atoms with Crippen molar-refractivity contribution in [3.05, 3.63) is 71.9 Å². The molecule has 6 nitrogen and oxygen atoms in total. The number of benzene rings is 2. The summed E-state index contributed by atoms with van der Waals surface area (Å²) in [4.78, 5) is 12.5. The molecule has 0 saturated heterocycles. The van der Waals surface area contributed by atoms with Crippen LogP contribution in [0.3, 0.4) is 0 Å². The number of para-hydroxylation sites is 1. The lowest BCUT2D eigenvalue weighted by atomic mass is 9.97. The Morgan fingerprint density at radius 2 is 1.91 bits per heavy atom. The van der Waals surface area contributed by atoms with Crippen LogP contribution in [0.5, 0.6) is 11.5 Å². The van der Waals surface area contributed by atoms with Gasteiger partial charge >= 0.3 is 0 Å². The molecule has 0 bridgehead atoms. The van der Waals surface area contributed by atoms with Crippen molar-refractivity contribution in [2.24, 2.45) is 0 Å². The number of carbonyl (C=O) groups is 1. The molecule has 2 heterocycles. The topological polar surface area (TPSA) is 65.4 Å². The van der Waals surface area contributed by atoms with Gasteiger partial charge in [0.1, 0.15) is 0 Å². The minimum atomic E-state index is 0.0792. The van der Waals surface area contributed by atoms with E-state index >= 15 is 0 Å². The maximum atomic E-state index is 12.5. The standard InChI is InChI=1S/C27H29N3O3/c31-26(28-16-15-20-7-3-1-4-8-20)14-12-22-18-30(23-9-5-2-6-10-23)29-27(22)21-11-13-24-25(17-21)33-19-32-24/h2,5-7,9-11,13,17-18H,1,3-4,8,12,14-16,19H2,(H,28,31). The summed E-state index contributed by atoms with van der Waals surface area (Å²) in [5.41, 5.74) is 5.31. The SMILES string of the molecule is O=C(CCc1cn(-c2ccccc2)nc1-c1ccc2c(c1)OCO2)NCCC1=CCCCC1. The van der Waals surface area contributed by atoms with E-state index in [2.05, 4.69) is 11.4 Å². The molecule has 2 aromatic carbocycles. The Hall–Kier alpha value is -3.54. The van der Waals surface area contributed by atoms with Crippen molar-refractivity contribution >= 4 is 5.91 Å². The summed E-state index contributed by atoms with van der Waals surface area (Å²) in [5.74, 6) is 1.55. The number of amides is 1. The third-order valence-corrected chi connectivity index (χ3v) is 6.23. The van der Waals surface area contributed by atoms with Crippen LogP contribution in [0.15, 0.2) is 66.4 Å². The van der Waals surface area contributed by atoms with E-state index in [9.17, 15) is 4.79 Å². The highest BCUT2D eigenvalue weighted by Crippen LogP contribution is 2.36. The van der Waals surface area contributed by atoms with Gasteiger partial charge in [-0.1, -0.05) is 29.8 Å². The Morgan fingerprint density at radius 1 is 1.03 bits per heavy atom. The van der Waals surface area contributed by atoms with E-state index in [1.165, 1.54) is 31.3 Å². The van der Waals surface area contributed by atoms with Gasteiger partial charge < -0.3 is 14.8 Å². The number of allylic oxidation sites excluding steroid dienone is 1. The summed E-state index contributed by atoms with van der Waals surface area (Å²) in [7, 11) is 0. The lowest BCUT2D eigenvalue weighted by molar-refractivity contribution is -0.121. The molecule has 0 fully saturated rings. The summed E-state index contributed by atoms with van der Waals surface area (Å²) >= 11 is 0. The molecule has 5 rings (SSSR count). The van der Waals surface area contributed by atoms with Crippen molar-refractivity contribution in [3.8, 4) is 28.4 Å². The highest BCUT2D eigenvalue weighted by Gasteiger charge is 2.18. The van der Waals surface area contributed by atoms with Crippen LogP contribution in [0, 0.1) is 0 Å². The van der Waals surface area contributed by atoms with Crippen LogP contribution in [0.25, 0.3) is 16.9 Å². The number of carbonyl (C=O) groups excluding carboxylic acids is 1. The Labute approximate surface area is 194 Å². The quantitative estimate of drug-likeness (QED) is 0.486. The second kappa shape index (κ2) is 9.94. The summed E-state index contributed by atoms with van der Waals surface area (Å²) in [6, 6.07) is 15.9. The van der Waals surface area contributed by atoms with Gasteiger partial charge in [-0.15, -0.1) is 0 Å². The second-order valence-electron chi connectivity index (χ2n) is 8.56. The molecule has 1 amide bonds. The van der Waals surface area contributed by atoms with Gasteiger partial charge in [0.2, 0.25) is 12.7 Å². The van der Waals surface area contributed by atoms with Gasteiger partial charge in [-0.05, 0) is 74.4 Å². The van der Waals surface area contributed by atoms with Gasteiger partial charge in [-0.25, -0.2) is 4.68 Å². The molecule has 3 aromatic rings. The maximum Gasteiger partial charge on any atom is 0.231 e. The first-order valence-corrected chi connectivity index (χ1v) is 11.7. The largest absolute Gasteiger partial charge is 0.454 e. The molecule has 2 aliphatic rings. The predicted molar refractivity (Wildman–Crippen MR) is 128 cm³/mol. The number of aryl methyl sites for hydroxylation is 1. The maximum absolute atomic E-state index is 12.5. The fourth-order valence-electron chi connectivity index (χ4n) is 4.42. The van der Waals surface area contributed by atoms with Crippen LogP contribution in [-0.2, 0) is 11.2 Å². The van der Waals surface area contributed by atoms with Gasteiger partial charge in [0.25, 0.3) is 0 Å². The molecule has 1 aliphatic heterocycles. The van der Waals surface area contributed by atoms with Crippen molar-refractivity contribution in [2.75, 3.05) is 13.3 Å². The number of rotatable bonds is 8. The van der Waals surface area contributed by atoms with Crippen LogP contribution in [-0.4, -0.2) is 29.0 Å². The van der Waals surface area contributed by atoms with E-state index in [4.69, 9.17) is 14.6 Å². The highest BCUT2D eigenvalue weighted by molar-refractivity contribution is 5.77. The number of hydrogen-bond acceptors (Lipinski definition) is 4. The van der Waals surface area contributed by atoms with Crippen molar-refractivity contribution in [1.82, 2.24) is 15.1 Å². The zero-order valence-electron chi connectivity index (χ0n) is 18.8. The van der Waals surface area contributed by atoms with Crippen molar-refractivity contribution in [3.63, 3.8) is 0 Å². The Bertz CT molecular complexity index is 1150. The molecule has 170 valence electrons. The first-order valence-electron chi connectivity index (χ1n) is 11.7. The van der Waals surface area contributed by atoms with E-state index in [0.29, 0.717) is 19.4 Å². The van der Waals surface area contributed by atoms with Crippen molar-refractivity contribution in [2.45, 2.75) is 44.9 Å². The molecule has 0 saturated carbocycles. The summed E-state index contributed by atoms with van der Waals surface area (Å²) in [6.45, 7) is 0.949. The molecule has 1 aliphatic carbocycles. The van der Waals surface area contributed by atoms with Crippen molar-refractivity contribution < 1.29 is 14.3 Å². The van der Waals surface area contributed by atoms with Crippen LogP contribution in [0.2, 0.25) is 0 Å². The van der Waals surface area contributed by atoms with Crippen LogP contribution < -0.4 is 14.8 Å². The number of fused-ring (bicyclic) bond motifs is 1. The minimum absolute atomic E-state index is 0.0792. The summed E-state index contributed by atoms with van der Waals surface area (Å²) in [6.07, 6.45) is 11.3. The van der Waals surface area contributed by atoms with Gasteiger partial charge in [-0.3, -0.25) is 4.79 Å². The average Bonchev–Trinajstić information content (AvgIpc) is 3.51. The molecule has 0 unspecified atom stereocenters. The molecule has 1 N–H and O–H groups in total. The van der Waals surface area contributed by atoms with E-state index in [1.807, 2.05) is 59.4 Å². The Kier molecular flexibility index (Phi) is 6.42. The molecule has 0 atom stereocenters. The lowest BCUT2D eigenvalue weighted by Crippen LogP contribution is -2.25. The summed E-state index contributed by atoms with van der Waals surface area (Å²) in [5, 5.41) is 7.95. The molecule has 33 heavy (non-hydrogen) atoms. The Morgan fingerprint density at radius 3 is 2.76 bits per heavy atom. The first-order chi connectivity index (χ1) is 16.3. The van der Waals surface area contributed by atoms with E-state index in [0.717, 1.165) is 40.4 Å². The fourth-order valence-corrected chi connectivity index (χ4v) is 4.42. The number of aromatic nitrogens is 2. The smallest absolute Gasteiger partial charge is 0.231 e. The van der Waals surface area contributed by atoms with Crippen LogP contribution >= 0.6 is 0 Å². The second-order valence-corrected chi connectivity index (χ2v) is 8.56. The van der Waals surface area contributed by atoms with Crippen LogP contribution in [0.4, 0.5) is 0 Å². The molecular formula is C27H29N3O3. The van der Waals surface area contributed by atoms with Gasteiger partial charge in [0.05, 0.1) is 11.4 Å². The fraction of sp³-hybridized carbons (Fsp3) is 0.333. The number of ether oxygens (including phenoxy) is 2. The molecule has 0 spiro atoms. The zero-order valence-corrected chi connectivity index (χ0v) is 18.8. The first kappa shape index (κ1) is 21.3. The third-order valence-electron chi connectivity index (χ3n) is 6.23. The molecule has 0 radical (unpaired) electrons. The number of nitrogens with zero attached hydrogens (tertiary/aromatic N) is 2. The number of hydrogen-bond donors (Lipinski definition) is 1. The lowest BCUT2D eigenvalue weighted by Gasteiger charge is -2.13.